The van der Waals surface area contributed by atoms with Gasteiger partial charge in [-0.3, -0.25) is 0 Å². The van der Waals surface area contributed by atoms with Crippen molar-refractivity contribution >= 4 is 46.7 Å². The molecular weight excluding hydrogens is 626 g/mol. The minimum atomic E-state index is -1.57. The summed E-state index contributed by atoms with van der Waals surface area (Å²) in [6.07, 6.45) is -1.66. The smallest absolute Gasteiger partial charge is 1.00 e. The van der Waals surface area contributed by atoms with E-state index in [0.29, 0.717) is 0 Å². The number of aliphatic carboxylic acids is 2. The van der Waals surface area contributed by atoms with Gasteiger partial charge in [-0.2, -0.15) is 0 Å². The first-order valence-electron chi connectivity index (χ1n) is 10.5. The van der Waals surface area contributed by atoms with Crippen LogP contribution < -0.4 is 40.2 Å². The van der Waals surface area contributed by atoms with Gasteiger partial charge in [0, 0.05) is 7.11 Å². The Bertz CT molecular complexity index is 706. The number of nitrogens with one attached hydrogen (secondary N) is 2. The average Bonchev–Trinajstić information content (AvgIpc) is 2.62. The molecule has 0 spiro atoms. The zero-order valence-corrected chi connectivity index (χ0v) is 27.9. The third kappa shape index (κ3) is 25.4. The molecule has 0 aromatic carbocycles. The Balaban J connectivity index is -0.0000000900. The van der Waals surface area contributed by atoms with Crippen LogP contribution >= 0.6 is 22.6 Å². The van der Waals surface area contributed by atoms with E-state index in [1.54, 1.807) is 55.4 Å². The van der Waals surface area contributed by atoms with Gasteiger partial charge in [-0.25, -0.2) is 19.2 Å². The molecule has 14 heteroatoms. The summed E-state index contributed by atoms with van der Waals surface area (Å²) >= 11 is 2.15. The number of carbonyl (C=O) groups is 4. The number of carboxylic acid groups (broad SMARTS) is 2. The molecule has 0 aromatic heterocycles. The van der Waals surface area contributed by atoms with Gasteiger partial charge in [-0.05, 0) is 74.2 Å². The number of alkyl halides is 1. The number of halogens is 1. The SMILES string of the molecule is C.C.CC(C)(C)OC(=O)N[C@@H](C(=O)O)C(C)(C)O.CI.COC(C)(C)[C@@H](NC(=O)OC(C)(C)C)C(=O)O.[H-].[Na+]. The second-order valence-corrected chi connectivity index (χ2v) is 10.3. The van der Waals surface area contributed by atoms with E-state index >= 15 is 0 Å². The molecular formula is C24H52IN2NaO10. The molecule has 0 aromatic rings. The number of carbonyl (C=O) groups excluding carboxylic acids is 2. The molecule has 0 heterocycles. The molecule has 38 heavy (non-hydrogen) atoms. The molecule has 0 saturated carbocycles. The molecule has 0 aliphatic heterocycles. The first-order valence-corrected chi connectivity index (χ1v) is 12.7. The topological polar surface area (TPSA) is 181 Å². The van der Waals surface area contributed by atoms with Gasteiger partial charge < -0.3 is 41.6 Å². The van der Waals surface area contributed by atoms with Crippen molar-refractivity contribution in [2.45, 2.75) is 119 Å². The maximum Gasteiger partial charge on any atom is 1.00 e. The molecule has 0 saturated heterocycles. The van der Waals surface area contributed by atoms with Gasteiger partial charge in [-0.15, -0.1) is 0 Å². The van der Waals surface area contributed by atoms with Crippen LogP contribution in [0.3, 0.4) is 0 Å². The molecule has 0 rings (SSSR count). The van der Waals surface area contributed by atoms with Crippen LogP contribution in [0.4, 0.5) is 9.59 Å². The fraction of sp³-hybridized carbons (Fsp3) is 0.833. The van der Waals surface area contributed by atoms with Gasteiger partial charge in [-0.1, -0.05) is 37.4 Å². The molecule has 0 unspecified atom stereocenters. The summed E-state index contributed by atoms with van der Waals surface area (Å²) in [4.78, 5) is 46.6. The summed E-state index contributed by atoms with van der Waals surface area (Å²) in [5, 5.41) is 31.8. The molecule has 5 N–H and O–H groups in total. The number of ether oxygens (including phenoxy) is 3. The molecule has 0 aliphatic rings. The first-order chi connectivity index (χ1) is 15.4. The van der Waals surface area contributed by atoms with E-state index in [1.165, 1.54) is 21.0 Å². The Hall–Kier alpha value is -0.870. The number of carboxylic acids is 2. The second kappa shape index (κ2) is 21.0. The van der Waals surface area contributed by atoms with Crippen molar-refractivity contribution in [2.24, 2.45) is 0 Å². The molecule has 0 radical (unpaired) electrons. The summed E-state index contributed by atoms with van der Waals surface area (Å²) in [5.41, 5.74) is -3.98. The van der Waals surface area contributed by atoms with Gasteiger partial charge >= 0.3 is 53.7 Å². The number of rotatable bonds is 7. The van der Waals surface area contributed by atoms with Crippen LogP contribution in [0.5, 0.6) is 0 Å². The van der Waals surface area contributed by atoms with Crippen molar-refractivity contribution in [3.05, 3.63) is 0 Å². The third-order valence-corrected chi connectivity index (χ3v) is 3.74. The zero-order chi connectivity index (χ0) is 29.0. The van der Waals surface area contributed by atoms with E-state index in [2.05, 4.69) is 33.2 Å². The van der Waals surface area contributed by atoms with E-state index in [9.17, 15) is 24.3 Å². The van der Waals surface area contributed by atoms with Crippen LogP contribution in [0, 0.1) is 0 Å². The number of methoxy groups -OCH3 is 1. The summed E-state index contributed by atoms with van der Waals surface area (Å²) < 4.78 is 14.9. The first kappa shape index (κ1) is 50.0. The van der Waals surface area contributed by atoms with Gasteiger partial charge in [0.1, 0.15) is 11.2 Å². The summed E-state index contributed by atoms with van der Waals surface area (Å²) in [7, 11) is 1.38. The van der Waals surface area contributed by atoms with E-state index < -0.39 is 58.6 Å². The minimum absolute atomic E-state index is 0. The van der Waals surface area contributed by atoms with Crippen LogP contribution in [0.1, 0.15) is 85.5 Å². The maximum atomic E-state index is 11.5. The Morgan fingerprint density at radius 1 is 0.711 bits per heavy atom. The van der Waals surface area contributed by atoms with Gasteiger partial charge in [0.25, 0.3) is 0 Å². The van der Waals surface area contributed by atoms with Crippen molar-refractivity contribution < 1.29 is 79.7 Å². The van der Waals surface area contributed by atoms with Crippen LogP contribution in [-0.4, -0.2) is 86.0 Å². The normalized spacial score (nSPS) is 12.4. The summed E-state index contributed by atoms with van der Waals surface area (Å²) in [5.74, 6) is -2.50. The van der Waals surface area contributed by atoms with Gasteiger partial charge in [0.15, 0.2) is 12.1 Å². The largest absolute Gasteiger partial charge is 1.00 e. The number of alkyl carbamates (subject to hydrolysis) is 2. The molecule has 0 fully saturated rings. The van der Waals surface area contributed by atoms with Crippen molar-refractivity contribution in [3.8, 4) is 0 Å². The van der Waals surface area contributed by atoms with E-state index in [-0.39, 0.29) is 45.8 Å². The molecule has 226 valence electrons. The van der Waals surface area contributed by atoms with Gasteiger partial charge in [0.2, 0.25) is 0 Å². The average molecular weight is 679 g/mol. The maximum absolute atomic E-state index is 11.5. The Kier molecular flexibility index (Phi) is 27.6. The van der Waals surface area contributed by atoms with Crippen molar-refractivity contribution in [1.82, 2.24) is 10.6 Å². The van der Waals surface area contributed by atoms with E-state index in [1.807, 2.05) is 4.93 Å². The van der Waals surface area contributed by atoms with Crippen molar-refractivity contribution in [2.75, 3.05) is 12.0 Å². The number of hydrogen-bond donors (Lipinski definition) is 5. The van der Waals surface area contributed by atoms with Crippen molar-refractivity contribution in [3.63, 3.8) is 0 Å². The quantitative estimate of drug-likeness (QED) is 0.151. The zero-order valence-electron chi connectivity index (χ0n) is 24.7. The number of aliphatic hydroxyl groups is 1. The minimum Gasteiger partial charge on any atom is -1.00 e. The van der Waals surface area contributed by atoms with Gasteiger partial charge in [0.05, 0.1) is 11.2 Å². The van der Waals surface area contributed by atoms with Crippen molar-refractivity contribution in [1.29, 1.82) is 0 Å². The summed E-state index contributed by atoms with van der Waals surface area (Å²) in [6, 6.07) is -2.59. The van der Waals surface area contributed by atoms with Crippen LogP contribution in [0.15, 0.2) is 0 Å². The monoisotopic (exact) mass is 678 g/mol. The molecule has 0 bridgehead atoms. The number of amides is 2. The predicted molar refractivity (Wildman–Crippen MR) is 153 cm³/mol. The van der Waals surface area contributed by atoms with Crippen LogP contribution in [-0.2, 0) is 23.8 Å². The van der Waals surface area contributed by atoms with Crippen LogP contribution in [0.25, 0.3) is 0 Å². The van der Waals surface area contributed by atoms with E-state index in [0.717, 1.165) is 0 Å². The Labute approximate surface area is 266 Å². The fourth-order valence-electron chi connectivity index (χ4n) is 2.04. The molecule has 2 atom stereocenters. The number of hydrogen-bond acceptors (Lipinski definition) is 8. The standard InChI is InChI=1S/C11H21NO5.C10H19NO5.CH3I.2CH4.Na.H/c1-10(2,3)17-9(15)12-7(8(13)14)11(4,5)16-6;1-9(2,3)16-8(14)11-6(7(12)13)10(4,5)15;1-2;;;;/h7H,1-6H3,(H,12,15)(H,13,14);6,15H,1-5H3,(H,11,14)(H,12,13);1H3;2*1H4;;/q;;;;;+1;-1/t7-;6-;;;;;/m00...../s1. The predicted octanol–water partition coefficient (Wildman–Crippen LogP) is 1.56. The van der Waals surface area contributed by atoms with E-state index in [4.69, 9.17) is 24.4 Å². The second-order valence-electron chi connectivity index (χ2n) is 10.3. The molecule has 2 amide bonds. The fourth-order valence-corrected chi connectivity index (χ4v) is 2.04. The Morgan fingerprint density at radius 2 is 0.974 bits per heavy atom. The summed E-state index contributed by atoms with van der Waals surface area (Å²) in [6.45, 7) is 15.8. The molecule has 0 aliphatic carbocycles. The third-order valence-electron chi connectivity index (χ3n) is 3.74. The van der Waals surface area contributed by atoms with Crippen LogP contribution in [0.2, 0.25) is 0 Å². The Morgan fingerprint density at radius 3 is 1.16 bits per heavy atom. The molecule has 12 nitrogen and oxygen atoms in total.